The van der Waals surface area contributed by atoms with Crippen molar-refractivity contribution >= 4 is 27.2 Å². The van der Waals surface area contributed by atoms with Crippen molar-refractivity contribution in [3.8, 4) is 0 Å². The van der Waals surface area contributed by atoms with Crippen LogP contribution in [0.5, 0.6) is 0 Å². The number of hydrogen-bond acceptors (Lipinski definition) is 4. The second-order valence-corrected chi connectivity index (χ2v) is 1.09. The smallest absolute Gasteiger partial charge is 0.545 e. The molecule has 0 unspecified atom stereocenters. The Morgan fingerprint density at radius 1 is 0.643 bits per heavy atom. The molecule has 0 saturated heterocycles. The van der Waals surface area contributed by atoms with Crippen molar-refractivity contribution in [1.82, 2.24) is 0 Å². The molecule has 0 amide bonds. The van der Waals surface area contributed by atoms with Gasteiger partial charge >= 0.3 is 18.6 Å². The Morgan fingerprint density at radius 2 is 0.857 bits per heavy atom. The van der Waals surface area contributed by atoms with Crippen molar-refractivity contribution in [1.29, 1.82) is 0 Å². The van der Waals surface area contributed by atoms with Crippen molar-refractivity contribution in [2.45, 2.75) is 6.42 Å². The number of carbonyl (C=O) groups excluding carboxylic acids is 4. The van der Waals surface area contributed by atoms with Crippen LogP contribution in [0.25, 0.3) is 0 Å². The minimum Gasteiger partial charge on any atom is -0.545 e. The largest absolute Gasteiger partial charge is 4.00 e. The van der Waals surface area contributed by atoms with Gasteiger partial charge in [0.1, 0.15) is 0 Å². The molecule has 0 aromatic carbocycles. The topological polar surface area (TPSA) is 68.3 Å². The average molecular weight is 233 g/mol. The van der Waals surface area contributed by atoms with E-state index in [2.05, 4.69) is 51.5 Å². The van der Waals surface area contributed by atoms with Gasteiger partial charge in [-0.3, -0.25) is 27.2 Å². The summed E-state index contributed by atoms with van der Waals surface area (Å²) in [7, 11) is 0. The van der Waals surface area contributed by atoms with Crippen LogP contribution in [0.15, 0.2) is 24.3 Å². The maximum Gasteiger partial charge on any atom is 4.00 e. The Labute approximate surface area is 96.0 Å². The summed E-state index contributed by atoms with van der Waals surface area (Å²) in [6.07, 6.45) is 9.50. The van der Waals surface area contributed by atoms with Crippen molar-refractivity contribution in [2.24, 2.45) is 0 Å². The third kappa shape index (κ3) is 72.8. The van der Waals surface area contributed by atoms with Crippen LogP contribution in [0, 0.1) is 0 Å². The standard InChI is InChI=1S/C5H6.4CHO.V/c1-2-4-5-3-1;4*1-2;/h1-4H,5H2;4*1H;/q;4*-1;+4. The van der Waals surface area contributed by atoms with Crippen LogP contribution in [-0.2, 0) is 37.7 Å². The quantitative estimate of drug-likeness (QED) is 0.448. The monoisotopic (exact) mass is 233 g/mol. The molecule has 1 aliphatic rings. The van der Waals surface area contributed by atoms with Crippen LogP contribution in [0.3, 0.4) is 0 Å². The molecule has 0 bridgehead atoms. The van der Waals surface area contributed by atoms with Crippen LogP contribution in [0.2, 0.25) is 0 Å². The normalized spacial score (nSPS) is 7.43. The van der Waals surface area contributed by atoms with Crippen molar-refractivity contribution in [3.05, 3.63) is 24.3 Å². The molecule has 0 N–H and O–H groups in total. The molecule has 1 aliphatic carbocycles. The van der Waals surface area contributed by atoms with E-state index >= 15 is 0 Å². The predicted molar refractivity (Wildman–Crippen MR) is 49.9 cm³/mol. The van der Waals surface area contributed by atoms with Gasteiger partial charge in [0.2, 0.25) is 0 Å². The molecule has 0 aromatic heterocycles. The van der Waals surface area contributed by atoms with Gasteiger partial charge in [-0.2, -0.15) is 0 Å². The van der Waals surface area contributed by atoms with Crippen LogP contribution in [0.1, 0.15) is 6.42 Å². The Morgan fingerprint density at radius 3 is 0.929 bits per heavy atom. The van der Waals surface area contributed by atoms with Crippen LogP contribution in [-0.4, -0.2) is 27.2 Å². The Kier molecular flexibility index (Phi) is 202. The zero-order chi connectivity index (χ0) is 11.5. The molecule has 1 radical (unpaired) electrons. The van der Waals surface area contributed by atoms with Gasteiger partial charge in [0.05, 0.1) is 0 Å². The van der Waals surface area contributed by atoms with Gasteiger partial charge in [0.25, 0.3) is 0 Å². The van der Waals surface area contributed by atoms with Crippen LogP contribution in [0.4, 0.5) is 0 Å². The van der Waals surface area contributed by atoms with E-state index in [-0.39, 0.29) is 18.6 Å². The maximum absolute atomic E-state index is 7.75. The summed E-state index contributed by atoms with van der Waals surface area (Å²) in [5.41, 5.74) is 0. The summed E-state index contributed by atoms with van der Waals surface area (Å²) in [6, 6.07) is 0. The predicted octanol–water partition coefficient (Wildman–Crippen LogP) is 0.404. The van der Waals surface area contributed by atoms with Crippen molar-refractivity contribution < 1.29 is 37.7 Å². The zero-order valence-electron chi connectivity index (χ0n) is 7.41. The van der Waals surface area contributed by atoms with E-state index in [1.165, 1.54) is 0 Å². The molecule has 5 heteroatoms. The fourth-order valence-corrected chi connectivity index (χ4v) is 0.393. The molecule has 0 atom stereocenters. The molecule has 0 aliphatic heterocycles. The molecule has 4 nitrogen and oxygen atoms in total. The molecule has 0 heterocycles. The summed E-state index contributed by atoms with van der Waals surface area (Å²) >= 11 is 0. The van der Waals surface area contributed by atoms with E-state index in [0.717, 1.165) is 6.42 Å². The van der Waals surface area contributed by atoms with Gasteiger partial charge in [-0.05, 0) is 6.42 Å². The van der Waals surface area contributed by atoms with Gasteiger partial charge in [-0.25, -0.2) is 0 Å². The van der Waals surface area contributed by atoms with E-state index in [1.54, 1.807) is 0 Å². The van der Waals surface area contributed by atoms with E-state index in [0.29, 0.717) is 0 Å². The third-order valence-electron chi connectivity index (χ3n) is 0.655. The maximum atomic E-state index is 7.75. The molecule has 75 valence electrons. The van der Waals surface area contributed by atoms with E-state index in [9.17, 15) is 0 Å². The van der Waals surface area contributed by atoms with Crippen LogP contribution >= 0.6 is 0 Å². The average Bonchev–Trinajstić information content (AvgIpc) is 2.87. The minimum atomic E-state index is 0. The first kappa shape index (κ1) is 29.3. The first-order chi connectivity index (χ1) is 6.50. The number of rotatable bonds is 0. The van der Waals surface area contributed by atoms with E-state index < -0.39 is 0 Å². The fourth-order valence-electron chi connectivity index (χ4n) is 0.393. The Hall–Kier alpha value is -1.26. The zero-order valence-corrected chi connectivity index (χ0v) is 8.80. The Balaban J connectivity index is -0.0000000267. The van der Waals surface area contributed by atoms with Gasteiger partial charge in [0.15, 0.2) is 0 Å². The molecular weight excluding hydrogens is 223 g/mol. The van der Waals surface area contributed by atoms with Gasteiger partial charge in [-0.15, -0.1) is 0 Å². The van der Waals surface area contributed by atoms with Gasteiger partial charge < -0.3 is 19.2 Å². The summed E-state index contributed by atoms with van der Waals surface area (Å²) < 4.78 is 0. The number of allylic oxidation sites excluding steroid dienone is 4. The summed E-state index contributed by atoms with van der Waals surface area (Å²) in [5.74, 6) is 0. The molecule has 0 aromatic rings. The van der Waals surface area contributed by atoms with E-state index in [4.69, 9.17) is 19.2 Å². The van der Waals surface area contributed by atoms with Crippen molar-refractivity contribution in [3.63, 3.8) is 0 Å². The van der Waals surface area contributed by atoms with Gasteiger partial charge in [-0.1, -0.05) is 24.3 Å². The first-order valence-corrected chi connectivity index (χ1v) is 2.76. The fraction of sp³-hybridized carbons (Fsp3) is 0.111. The number of hydrogen-bond donors (Lipinski definition) is 0. The molecular formula is C9H10O4V. The molecule has 0 fully saturated rings. The first-order valence-electron chi connectivity index (χ1n) is 2.76. The van der Waals surface area contributed by atoms with E-state index in [1.807, 2.05) is 0 Å². The second-order valence-electron chi connectivity index (χ2n) is 1.09. The molecule has 0 saturated carbocycles. The molecule has 0 spiro atoms. The van der Waals surface area contributed by atoms with Gasteiger partial charge in [0, 0.05) is 0 Å². The van der Waals surface area contributed by atoms with Crippen LogP contribution < -0.4 is 0 Å². The second kappa shape index (κ2) is 96.7. The molecule has 1 rings (SSSR count). The summed E-state index contributed by atoms with van der Waals surface area (Å²) in [5, 5.41) is 0. The minimum absolute atomic E-state index is 0. The Bertz CT molecular complexity index is 108. The third-order valence-corrected chi connectivity index (χ3v) is 0.655. The SMILES string of the molecule is C1=CCC=C1.[CH-]=O.[CH-]=O.[CH-]=O.[CH-]=O.[V+4]. The van der Waals surface area contributed by atoms with Crippen molar-refractivity contribution in [2.75, 3.05) is 0 Å². The summed E-state index contributed by atoms with van der Waals surface area (Å²) in [4.78, 5) is 31.0. The summed E-state index contributed by atoms with van der Waals surface area (Å²) in [6.45, 7) is 13.0. The molecule has 14 heavy (non-hydrogen) atoms.